The predicted octanol–water partition coefficient (Wildman–Crippen LogP) is 4.29. The molecule has 1 saturated carbocycles. The molecule has 0 aromatic carbocycles. The van der Waals surface area contributed by atoms with E-state index in [-0.39, 0.29) is 11.5 Å². The standard InChI is InChI=1S/C13H17ClN4.C5H10O2.C2H6/c1-3-13(5-4-6-13)11-8(2)10(14)9-7-16-12(15)17-18(9)11;6-5-2-1-3-7-4-5;1-2/h7H,3-6H2,1-2H3,(H2,15,17);5-6H,1-4H2;1-2H3. The Labute approximate surface area is 167 Å². The van der Waals surface area contributed by atoms with Gasteiger partial charge in [0.05, 0.1) is 29.6 Å². The van der Waals surface area contributed by atoms with Crippen molar-refractivity contribution in [3.63, 3.8) is 0 Å². The van der Waals surface area contributed by atoms with E-state index < -0.39 is 0 Å². The molecule has 1 unspecified atom stereocenters. The Balaban J connectivity index is 0.000000244. The van der Waals surface area contributed by atoms with Gasteiger partial charge in [0.2, 0.25) is 5.95 Å². The Kier molecular flexibility index (Phi) is 7.89. The second-order valence-electron chi connectivity index (χ2n) is 7.06. The third kappa shape index (κ3) is 4.55. The van der Waals surface area contributed by atoms with E-state index in [0.29, 0.717) is 12.6 Å². The maximum Gasteiger partial charge on any atom is 0.238 e. The van der Waals surface area contributed by atoms with Crippen LogP contribution in [0.5, 0.6) is 0 Å². The first-order chi connectivity index (χ1) is 13.0. The molecular formula is C20H33ClN4O2. The number of nitrogens with two attached hydrogens (primary N) is 1. The first-order valence-electron chi connectivity index (χ1n) is 10.0. The number of aliphatic hydroxyl groups excluding tert-OH is 1. The molecule has 2 aliphatic rings. The average Bonchev–Trinajstić information content (AvgIpc) is 2.89. The fourth-order valence-corrected chi connectivity index (χ4v) is 4.06. The van der Waals surface area contributed by atoms with Gasteiger partial charge in [-0.25, -0.2) is 9.50 Å². The van der Waals surface area contributed by atoms with Gasteiger partial charge >= 0.3 is 0 Å². The summed E-state index contributed by atoms with van der Waals surface area (Å²) in [7, 11) is 0. The van der Waals surface area contributed by atoms with Gasteiger partial charge in [0, 0.05) is 12.0 Å². The number of anilines is 1. The zero-order chi connectivity index (χ0) is 20.0. The van der Waals surface area contributed by atoms with Crippen LogP contribution < -0.4 is 5.73 Å². The largest absolute Gasteiger partial charge is 0.391 e. The molecule has 3 heterocycles. The number of aliphatic hydroxyl groups is 1. The summed E-state index contributed by atoms with van der Waals surface area (Å²) in [6, 6.07) is 0. The van der Waals surface area contributed by atoms with Gasteiger partial charge in [-0.1, -0.05) is 38.8 Å². The van der Waals surface area contributed by atoms with Gasteiger partial charge < -0.3 is 15.6 Å². The molecule has 1 saturated heterocycles. The summed E-state index contributed by atoms with van der Waals surface area (Å²) in [5, 5.41) is 13.9. The summed E-state index contributed by atoms with van der Waals surface area (Å²) in [6.45, 7) is 9.67. The van der Waals surface area contributed by atoms with Crippen LogP contribution in [0.3, 0.4) is 0 Å². The zero-order valence-corrected chi connectivity index (χ0v) is 17.7. The minimum Gasteiger partial charge on any atom is -0.391 e. The number of aromatic nitrogens is 3. The Bertz CT molecular complexity index is 732. The first-order valence-corrected chi connectivity index (χ1v) is 10.4. The van der Waals surface area contributed by atoms with Gasteiger partial charge in [-0.2, -0.15) is 0 Å². The number of nitrogens with zero attached hydrogens (tertiary/aromatic N) is 3. The highest BCUT2D eigenvalue weighted by Crippen LogP contribution is 2.49. The SMILES string of the molecule is CC.CCC1(c2c(C)c(Cl)c3cnc(N)nn23)CCC1.OC1CCCOC1. The van der Waals surface area contributed by atoms with E-state index in [4.69, 9.17) is 27.2 Å². The molecular weight excluding hydrogens is 364 g/mol. The summed E-state index contributed by atoms with van der Waals surface area (Å²) >= 11 is 6.40. The van der Waals surface area contributed by atoms with Crippen LogP contribution in [0.25, 0.3) is 5.52 Å². The summed E-state index contributed by atoms with van der Waals surface area (Å²) in [5.74, 6) is 0.293. The molecule has 7 heteroatoms. The number of ether oxygens (including phenoxy) is 1. The van der Waals surface area contributed by atoms with Gasteiger partial charge in [-0.15, -0.1) is 5.10 Å². The summed E-state index contributed by atoms with van der Waals surface area (Å²) in [5.41, 5.74) is 9.14. The fraction of sp³-hybridized carbons (Fsp3) is 0.700. The van der Waals surface area contributed by atoms with Crippen molar-refractivity contribution < 1.29 is 9.84 Å². The van der Waals surface area contributed by atoms with Crippen LogP contribution in [0.4, 0.5) is 5.95 Å². The molecule has 1 aliphatic heterocycles. The molecule has 6 nitrogen and oxygen atoms in total. The van der Waals surface area contributed by atoms with Crippen molar-refractivity contribution in [2.24, 2.45) is 0 Å². The lowest BCUT2D eigenvalue weighted by atomic mass is 9.64. The fourth-order valence-electron chi connectivity index (χ4n) is 3.85. The van der Waals surface area contributed by atoms with Crippen LogP contribution >= 0.6 is 11.6 Å². The van der Waals surface area contributed by atoms with Crippen molar-refractivity contribution in [1.82, 2.24) is 14.6 Å². The van der Waals surface area contributed by atoms with Crippen LogP contribution in [-0.2, 0) is 10.2 Å². The molecule has 3 N–H and O–H groups in total. The van der Waals surface area contributed by atoms with Gasteiger partial charge in [0.1, 0.15) is 5.52 Å². The summed E-state index contributed by atoms with van der Waals surface area (Å²) in [6.07, 6.45) is 8.25. The highest BCUT2D eigenvalue weighted by molar-refractivity contribution is 6.34. The lowest BCUT2D eigenvalue weighted by Gasteiger charge is -2.41. The monoisotopic (exact) mass is 396 g/mol. The van der Waals surface area contributed by atoms with Crippen molar-refractivity contribution in [2.75, 3.05) is 18.9 Å². The zero-order valence-electron chi connectivity index (χ0n) is 17.0. The number of halogens is 1. The topological polar surface area (TPSA) is 85.7 Å². The highest BCUT2D eigenvalue weighted by atomic mass is 35.5. The molecule has 0 amide bonds. The van der Waals surface area contributed by atoms with Crippen molar-refractivity contribution >= 4 is 23.1 Å². The quantitative estimate of drug-likeness (QED) is 0.790. The number of rotatable bonds is 2. The van der Waals surface area contributed by atoms with Crippen LogP contribution in [0.15, 0.2) is 6.20 Å². The third-order valence-corrected chi connectivity index (χ3v) is 5.97. The lowest BCUT2D eigenvalue weighted by molar-refractivity contribution is -0.00535. The van der Waals surface area contributed by atoms with E-state index in [1.807, 2.05) is 18.4 Å². The van der Waals surface area contributed by atoms with Crippen molar-refractivity contribution in [2.45, 2.75) is 77.7 Å². The van der Waals surface area contributed by atoms with Gasteiger partial charge in [-0.3, -0.25) is 0 Å². The molecule has 0 spiro atoms. The number of hydrogen-bond donors (Lipinski definition) is 2. The minimum absolute atomic E-state index is 0.186. The molecule has 4 rings (SSSR count). The number of nitrogen functional groups attached to an aromatic ring is 1. The van der Waals surface area contributed by atoms with Crippen LogP contribution in [0.2, 0.25) is 5.02 Å². The Morgan fingerprint density at radius 2 is 2.07 bits per heavy atom. The Hall–Kier alpha value is -1.37. The summed E-state index contributed by atoms with van der Waals surface area (Å²) in [4.78, 5) is 4.04. The molecule has 0 bridgehead atoms. The van der Waals surface area contributed by atoms with E-state index >= 15 is 0 Å². The van der Waals surface area contributed by atoms with Crippen molar-refractivity contribution in [1.29, 1.82) is 0 Å². The molecule has 1 atom stereocenters. The molecule has 2 aromatic heterocycles. The van der Waals surface area contributed by atoms with E-state index in [0.717, 1.165) is 42.0 Å². The van der Waals surface area contributed by atoms with Crippen LogP contribution in [0.1, 0.15) is 70.6 Å². The molecule has 2 aromatic rings. The van der Waals surface area contributed by atoms with E-state index in [9.17, 15) is 0 Å². The number of fused-ring (bicyclic) bond motifs is 1. The average molecular weight is 397 g/mol. The summed E-state index contributed by atoms with van der Waals surface area (Å²) < 4.78 is 6.84. The van der Waals surface area contributed by atoms with Crippen molar-refractivity contribution in [3.05, 3.63) is 22.5 Å². The smallest absolute Gasteiger partial charge is 0.238 e. The molecule has 0 radical (unpaired) electrons. The lowest BCUT2D eigenvalue weighted by Crippen LogP contribution is -2.35. The predicted molar refractivity (Wildman–Crippen MR) is 110 cm³/mol. The molecule has 1 aliphatic carbocycles. The first kappa shape index (κ1) is 21.9. The molecule has 2 fully saturated rings. The maximum absolute atomic E-state index is 8.78. The van der Waals surface area contributed by atoms with Crippen molar-refractivity contribution in [3.8, 4) is 0 Å². The molecule has 152 valence electrons. The van der Waals surface area contributed by atoms with Gasteiger partial charge in [0.15, 0.2) is 0 Å². The number of hydrogen-bond acceptors (Lipinski definition) is 5. The Morgan fingerprint density at radius 3 is 2.52 bits per heavy atom. The normalized spacial score (nSPS) is 20.7. The molecule has 27 heavy (non-hydrogen) atoms. The van der Waals surface area contributed by atoms with Crippen LogP contribution in [-0.4, -0.2) is 39.0 Å². The van der Waals surface area contributed by atoms with Crippen LogP contribution in [0, 0.1) is 6.92 Å². The highest BCUT2D eigenvalue weighted by Gasteiger charge is 2.41. The van der Waals surface area contributed by atoms with E-state index in [2.05, 4.69) is 23.9 Å². The second kappa shape index (κ2) is 9.71. The maximum atomic E-state index is 8.78. The minimum atomic E-state index is -0.186. The second-order valence-corrected chi connectivity index (χ2v) is 7.44. The van der Waals surface area contributed by atoms with Gasteiger partial charge in [-0.05, 0) is 44.6 Å². The van der Waals surface area contributed by atoms with Gasteiger partial charge in [0.25, 0.3) is 0 Å². The van der Waals surface area contributed by atoms with E-state index in [1.54, 1.807) is 6.20 Å². The third-order valence-electron chi connectivity index (χ3n) is 5.50. The van der Waals surface area contributed by atoms with E-state index in [1.165, 1.54) is 25.0 Å². The Morgan fingerprint density at radius 1 is 1.37 bits per heavy atom.